The number of imidazole rings is 1. The molecule has 2 aromatic heterocycles. The Hall–Kier alpha value is -4.16. The van der Waals surface area contributed by atoms with E-state index in [0.29, 0.717) is 17.3 Å². The maximum Gasteiger partial charge on any atom is 0.416 e. The lowest BCUT2D eigenvalue weighted by Gasteiger charge is -2.23. The largest absolute Gasteiger partial charge is 0.416 e. The minimum atomic E-state index is -4.58. The van der Waals surface area contributed by atoms with Crippen LogP contribution in [0.4, 0.5) is 23.2 Å². The molecule has 40 heavy (non-hydrogen) atoms. The Bertz CT molecular complexity index is 1600. The number of fused-ring (bicyclic) bond motifs is 1. The average molecular weight is 549 g/mol. The van der Waals surface area contributed by atoms with Gasteiger partial charge in [0.05, 0.1) is 17.3 Å². The van der Waals surface area contributed by atoms with Crippen LogP contribution in [0.5, 0.6) is 0 Å². The van der Waals surface area contributed by atoms with Gasteiger partial charge in [-0.15, -0.1) is 0 Å². The standard InChI is InChI=1S/C31H28F4N4O/c1-21-5-4-14-38(16-13-21)20-24-7-10-25(18-27(24)31(33,34)35)37-30(40)23-9-12-28(32)22(17-23)8-11-26-19-36-29-6-2-3-15-39(26)29/h2-3,6-7,9-10,12,15,17-19,21H,4-5,13-14,16,20H2,1H3,(H,37,40). The van der Waals surface area contributed by atoms with E-state index in [2.05, 4.69) is 34.0 Å². The first-order chi connectivity index (χ1) is 19.2. The number of nitrogens with one attached hydrogen (secondary N) is 1. The zero-order chi connectivity index (χ0) is 28.3. The second kappa shape index (κ2) is 11.5. The number of carbonyl (C=O) groups is 1. The van der Waals surface area contributed by atoms with Crippen molar-refractivity contribution >= 4 is 17.2 Å². The van der Waals surface area contributed by atoms with E-state index in [1.807, 2.05) is 18.2 Å². The molecule has 206 valence electrons. The van der Waals surface area contributed by atoms with Crippen LogP contribution in [0.2, 0.25) is 0 Å². The number of rotatable bonds is 4. The fourth-order valence-corrected chi connectivity index (χ4v) is 4.90. The summed E-state index contributed by atoms with van der Waals surface area (Å²) in [5, 5.41) is 2.52. The third-order valence-corrected chi connectivity index (χ3v) is 7.15. The third-order valence-electron chi connectivity index (χ3n) is 7.15. The topological polar surface area (TPSA) is 49.6 Å². The van der Waals surface area contributed by atoms with Crippen molar-refractivity contribution in [1.82, 2.24) is 14.3 Å². The number of hydrogen-bond acceptors (Lipinski definition) is 3. The van der Waals surface area contributed by atoms with Gasteiger partial charge in [-0.05, 0) is 92.2 Å². The highest BCUT2D eigenvalue weighted by atomic mass is 19.4. The van der Waals surface area contributed by atoms with Gasteiger partial charge in [-0.3, -0.25) is 14.1 Å². The number of likely N-dealkylation sites (tertiary alicyclic amines) is 1. The number of halogens is 4. The maximum absolute atomic E-state index is 14.5. The van der Waals surface area contributed by atoms with Gasteiger partial charge in [0.15, 0.2) is 0 Å². The van der Waals surface area contributed by atoms with Crippen molar-refractivity contribution in [2.75, 3.05) is 18.4 Å². The summed E-state index contributed by atoms with van der Waals surface area (Å²) in [4.78, 5) is 19.2. The van der Waals surface area contributed by atoms with Gasteiger partial charge in [-0.1, -0.05) is 25.0 Å². The van der Waals surface area contributed by atoms with E-state index in [1.54, 1.807) is 16.8 Å². The van der Waals surface area contributed by atoms with Crippen LogP contribution in [0, 0.1) is 23.6 Å². The van der Waals surface area contributed by atoms with Crippen molar-refractivity contribution in [2.45, 2.75) is 38.9 Å². The molecule has 1 unspecified atom stereocenters. The first-order valence-corrected chi connectivity index (χ1v) is 13.1. The highest BCUT2D eigenvalue weighted by Crippen LogP contribution is 2.35. The monoisotopic (exact) mass is 548 g/mol. The Balaban J connectivity index is 1.35. The molecule has 5 nitrogen and oxygen atoms in total. The first-order valence-electron chi connectivity index (χ1n) is 13.1. The van der Waals surface area contributed by atoms with E-state index in [-0.39, 0.29) is 28.9 Å². The number of amides is 1. The van der Waals surface area contributed by atoms with Crippen molar-refractivity contribution < 1.29 is 22.4 Å². The molecule has 9 heteroatoms. The van der Waals surface area contributed by atoms with Crippen LogP contribution < -0.4 is 5.32 Å². The summed E-state index contributed by atoms with van der Waals surface area (Å²) < 4.78 is 58.2. The third kappa shape index (κ3) is 6.35. The van der Waals surface area contributed by atoms with Crippen molar-refractivity contribution in [3.8, 4) is 11.8 Å². The van der Waals surface area contributed by atoms with Crippen LogP contribution in [0.1, 0.15) is 58.9 Å². The van der Waals surface area contributed by atoms with Crippen molar-refractivity contribution in [2.24, 2.45) is 5.92 Å². The second-order valence-electron chi connectivity index (χ2n) is 10.2. The van der Waals surface area contributed by atoms with E-state index >= 15 is 0 Å². The average Bonchev–Trinajstić information content (AvgIpc) is 3.23. The summed E-state index contributed by atoms with van der Waals surface area (Å²) >= 11 is 0. The van der Waals surface area contributed by atoms with Crippen molar-refractivity contribution in [1.29, 1.82) is 0 Å². The minimum absolute atomic E-state index is 0.00764. The van der Waals surface area contributed by atoms with Crippen LogP contribution in [-0.2, 0) is 12.7 Å². The fourth-order valence-electron chi connectivity index (χ4n) is 4.90. The Labute approximate surface area is 229 Å². The van der Waals surface area contributed by atoms with Gasteiger partial charge < -0.3 is 5.32 Å². The SMILES string of the molecule is CC1CCCN(Cc2ccc(NC(=O)c3ccc(F)c(C#Cc4cnc5ccccn45)c3)cc2C(F)(F)F)CC1. The fraction of sp³-hybridized carbons (Fsp3) is 0.290. The van der Waals surface area contributed by atoms with E-state index in [1.165, 1.54) is 24.3 Å². The quantitative estimate of drug-likeness (QED) is 0.226. The van der Waals surface area contributed by atoms with Gasteiger partial charge in [0.25, 0.3) is 5.91 Å². The number of pyridine rings is 1. The molecule has 0 bridgehead atoms. The first kappa shape index (κ1) is 27.4. The van der Waals surface area contributed by atoms with E-state index in [9.17, 15) is 22.4 Å². The normalized spacial score (nSPS) is 16.3. The molecule has 2 aromatic carbocycles. The molecule has 1 amide bonds. The van der Waals surface area contributed by atoms with Crippen LogP contribution in [-0.4, -0.2) is 33.3 Å². The molecular weight excluding hydrogens is 520 g/mol. The number of alkyl halides is 3. The maximum atomic E-state index is 14.5. The molecular formula is C31H28F4N4O. The Morgan fingerprint density at radius 2 is 1.93 bits per heavy atom. The zero-order valence-electron chi connectivity index (χ0n) is 21.9. The van der Waals surface area contributed by atoms with Gasteiger partial charge in [0.2, 0.25) is 0 Å². The number of hydrogen-bond donors (Lipinski definition) is 1. The summed E-state index contributed by atoms with van der Waals surface area (Å²) in [5.41, 5.74) is 0.683. The molecule has 1 aliphatic rings. The molecule has 1 saturated heterocycles. The summed E-state index contributed by atoms with van der Waals surface area (Å²) in [6.45, 7) is 3.87. The Morgan fingerprint density at radius 3 is 2.75 bits per heavy atom. The molecule has 0 radical (unpaired) electrons. The van der Waals surface area contributed by atoms with Gasteiger partial charge >= 0.3 is 6.18 Å². The zero-order valence-corrected chi connectivity index (χ0v) is 21.9. The number of aromatic nitrogens is 2. The van der Waals surface area contributed by atoms with E-state index in [4.69, 9.17) is 0 Å². The molecule has 1 N–H and O–H groups in total. The lowest BCUT2D eigenvalue weighted by atomic mass is 10.0. The van der Waals surface area contributed by atoms with E-state index < -0.39 is 23.5 Å². The molecule has 5 rings (SSSR count). The molecule has 4 aromatic rings. The highest BCUT2D eigenvalue weighted by Gasteiger charge is 2.34. The minimum Gasteiger partial charge on any atom is -0.322 e. The number of nitrogens with zero attached hydrogens (tertiary/aromatic N) is 3. The summed E-state index contributed by atoms with van der Waals surface area (Å²) in [6, 6.07) is 13.0. The van der Waals surface area contributed by atoms with Crippen LogP contribution in [0.15, 0.2) is 67.0 Å². The number of benzene rings is 2. The molecule has 1 fully saturated rings. The van der Waals surface area contributed by atoms with Gasteiger partial charge in [-0.2, -0.15) is 13.2 Å². The van der Waals surface area contributed by atoms with E-state index in [0.717, 1.165) is 44.5 Å². The molecule has 1 aliphatic heterocycles. The van der Waals surface area contributed by atoms with Crippen molar-refractivity contribution in [3.05, 3.63) is 101 Å². The summed E-state index contributed by atoms with van der Waals surface area (Å²) in [6.07, 6.45) is 1.75. The lowest BCUT2D eigenvalue weighted by molar-refractivity contribution is -0.138. The van der Waals surface area contributed by atoms with Crippen LogP contribution in [0.25, 0.3) is 5.65 Å². The van der Waals surface area contributed by atoms with Crippen molar-refractivity contribution in [3.63, 3.8) is 0 Å². The number of carbonyl (C=O) groups excluding carboxylic acids is 1. The van der Waals surface area contributed by atoms with Gasteiger partial charge in [0.1, 0.15) is 17.2 Å². The molecule has 0 aliphatic carbocycles. The molecule has 3 heterocycles. The lowest BCUT2D eigenvalue weighted by Crippen LogP contribution is -2.26. The Kier molecular flexibility index (Phi) is 7.90. The highest BCUT2D eigenvalue weighted by molar-refractivity contribution is 6.04. The van der Waals surface area contributed by atoms with Gasteiger partial charge in [0, 0.05) is 24.0 Å². The Morgan fingerprint density at radius 1 is 1.07 bits per heavy atom. The summed E-state index contributed by atoms with van der Waals surface area (Å²) in [5.74, 6) is 4.87. The predicted octanol–water partition coefficient (Wildman–Crippen LogP) is 6.77. The smallest absolute Gasteiger partial charge is 0.322 e. The number of anilines is 1. The summed E-state index contributed by atoms with van der Waals surface area (Å²) in [7, 11) is 0. The van der Waals surface area contributed by atoms with Gasteiger partial charge in [-0.25, -0.2) is 9.37 Å². The second-order valence-corrected chi connectivity index (χ2v) is 10.2. The molecule has 0 saturated carbocycles. The predicted molar refractivity (Wildman–Crippen MR) is 145 cm³/mol. The van der Waals surface area contributed by atoms with Crippen LogP contribution in [0.3, 0.4) is 0 Å². The molecule has 1 atom stereocenters. The van der Waals surface area contributed by atoms with Crippen LogP contribution >= 0.6 is 0 Å². The molecule has 0 spiro atoms.